The van der Waals surface area contributed by atoms with E-state index in [1.165, 1.54) is 0 Å². The monoisotopic (exact) mass is 446 g/mol. The number of pyridine rings is 1. The number of hydrogen-bond donors (Lipinski definition) is 1. The molecule has 0 spiro atoms. The zero-order valence-corrected chi connectivity index (χ0v) is 19.1. The number of anilines is 1. The van der Waals surface area contributed by atoms with Crippen molar-refractivity contribution >= 4 is 39.9 Å². The van der Waals surface area contributed by atoms with Gasteiger partial charge in [-0.05, 0) is 62.2 Å². The molecule has 0 radical (unpaired) electrons. The van der Waals surface area contributed by atoms with Crippen LogP contribution in [0.5, 0.6) is 5.75 Å². The first-order chi connectivity index (χ1) is 15.4. The number of aryl methyl sites for hydroxylation is 2. The number of methoxy groups -OCH3 is 1. The van der Waals surface area contributed by atoms with E-state index in [0.717, 1.165) is 44.5 Å². The maximum absolute atomic E-state index is 12.6. The Balaban J connectivity index is 1.76. The number of nitrogens with zero attached hydrogens (tertiary/aromatic N) is 1. The molecule has 0 saturated carbocycles. The first-order valence-electron chi connectivity index (χ1n) is 10.2. The third kappa shape index (κ3) is 4.25. The van der Waals surface area contributed by atoms with Crippen LogP contribution < -0.4 is 10.1 Å². The van der Waals surface area contributed by atoms with Gasteiger partial charge in [-0.25, -0.2) is 4.98 Å². The summed E-state index contributed by atoms with van der Waals surface area (Å²) in [5.41, 5.74) is 5.98. The number of allylic oxidation sites excluding steroid dienone is 1. The molecule has 162 valence electrons. The highest BCUT2D eigenvalue weighted by molar-refractivity contribution is 6.30. The molecule has 0 unspecified atom stereocenters. The fraction of sp³-hybridized carbons (Fsp3) is 0.154. The van der Waals surface area contributed by atoms with Crippen LogP contribution in [0.3, 0.4) is 0 Å². The van der Waals surface area contributed by atoms with Crippen molar-refractivity contribution < 1.29 is 13.9 Å². The van der Waals surface area contributed by atoms with E-state index in [2.05, 4.69) is 10.3 Å². The molecule has 2 aromatic carbocycles. The minimum absolute atomic E-state index is 0.259. The molecule has 32 heavy (non-hydrogen) atoms. The van der Waals surface area contributed by atoms with Crippen molar-refractivity contribution in [2.45, 2.75) is 20.8 Å². The standard InChI is InChI=1S/C26H23ClN2O3/c1-15(12-24(30)29-23-7-5-6-16(2)28-23)20-13-21-22(18-8-10-19(27)11-9-18)14-32-26(21)17(3)25(20)31-4/h5-14H,1-4H3,(H,28,29,30)/b15-12+. The van der Waals surface area contributed by atoms with Crippen molar-refractivity contribution in [2.75, 3.05) is 12.4 Å². The first-order valence-corrected chi connectivity index (χ1v) is 10.5. The van der Waals surface area contributed by atoms with E-state index in [-0.39, 0.29) is 5.91 Å². The number of carbonyl (C=O) groups excluding carboxylic acids is 1. The Morgan fingerprint density at radius 2 is 1.91 bits per heavy atom. The predicted molar refractivity (Wildman–Crippen MR) is 129 cm³/mol. The van der Waals surface area contributed by atoms with Crippen LogP contribution >= 0.6 is 11.6 Å². The van der Waals surface area contributed by atoms with Crippen LogP contribution in [-0.4, -0.2) is 18.0 Å². The van der Waals surface area contributed by atoms with Crippen LogP contribution in [0, 0.1) is 13.8 Å². The number of amides is 1. The van der Waals surface area contributed by atoms with Crippen molar-refractivity contribution in [3.05, 3.63) is 82.7 Å². The lowest BCUT2D eigenvalue weighted by molar-refractivity contribution is -0.111. The summed E-state index contributed by atoms with van der Waals surface area (Å²) in [4.78, 5) is 16.9. The molecule has 6 heteroatoms. The Kier molecular flexibility index (Phi) is 6.01. The minimum Gasteiger partial charge on any atom is -0.496 e. The average Bonchev–Trinajstić information content (AvgIpc) is 3.18. The summed E-state index contributed by atoms with van der Waals surface area (Å²) in [6, 6.07) is 15.1. The number of fused-ring (bicyclic) bond motifs is 1. The van der Waals surface area contributed by atoms with E-state index in [9.17, 15) is 4.79 Å². The van der Waals surface area contributed by atoms with Gasteiger partial charge in [0.25, 0.3) is 0 Å². The molecule has 0 aliphatic carbocycles. The molecule has 1 N–H and O–H groups in total. The highest BCUT2D eigenvalue weighted by Crippen LogP contribution is 2.40. The van der Waals surface area contributed by atoms with E-state index < -0.39 is 0 Å². The number of nitrogens with one attached hydrogen (secondary N) is 1. The lowest BCUT2D eigenvalue weighted by Crippen LogP contribution is -2.10. The van der Waals surface area contributed by atoms with Gasteiger partial charge in [0, 0.05) is 38.9 Å². The number of carbonyl (C=O) groups is 1. The number of aromatic nitrogens is 1. The first kappa shape index (κ1) is 21.7. The van der Waals surface area contributed by atoms with Gasteiger partial charge in [-0.2, -0.15) is 0 Å². The van der Waals surface area contributed by atoms with E-state index in [0.29, 0.717) is 16.6 Å². The van der Waals surface area contributed by atoms with Gasteiger partial charge in [-0.1, -0.05) is 29.8 Å². The largest absolute Gasteiger partial charge is 0.496 e. The van der Waals surface area contributed by atoms with Crippen LogP contribution in [0.15, 0.2) is 65.3 Å². The summed E-state index contributed by atoms with van der Waals surface area (Å²) in [7, 11) is 1.62. The summed E-state index contributed by atoms with van der Waals surface area (Å²) in [6.07, 6.45) is 3.29. The summed E-state index contributed by atoms with van der Waals surface area (Å²) in [5.74, 6) is 0.924. The molecule has 5 nitrogen and oxygen atoms in total. The van der Waals surface area contributed by atoms with Gasteiger partial charge < -0.3 is 14.5 Å². The van der Waals surface area contributed by atoms with Gasteiger partial charge in [0.15, 0.2) is 0 Å². The molecule has 0 aliphatic rings. The van der Waals surface area contributed by atoms with Crippen LogP contribution in [-0.2, 0) is 4.79 Å². The van der Waals surface area contributed by atoms with Crippen LogP contribution in [0.4, 0.5) is 5.82 Å². The maximum Gasteiger partial charge on any atom is 0.249 e. The van der Waals surface area contributed by atoms with Gasteiger partial charge in [-0.3, -0.25) is 4.79 Å². The van der Waals surface area contributed by atoms with Crippen LogP contribution in [0.25, 0.3) is 27.7 Å². The van der Waals surface area contributed by atoms with Crippen molar-refractivity contribution in [2.24, 2.45) is 0 Å². The number of rotatable bonds is 5. The highest BCUT2D eigenvalue weighted by atomic mass is 35.5. The summed E-state index contributed by atoms with van der Waals surface area (Å²) in [5, 5.41) is 4.42. The fourth-order valence-electron chi connectivity index (χ4n) is 3.77. The zero-order chi connectivity index (χ0) is 22.8. The average molecular weight is 447 g/mol. The van der Waals surface area contributed by atoms with E-state index >= 15 is 0 Å². The zero-order valence-electron chi connectivity index (χ0n) is 18.3. The molecule has 4 aromatic rings. The third-order valence-corrected chi connectivity index (χ3v) is 5.57. The van der Waals surface area contributed by atoms with Gasteiger partial charge >= 0.3 is 0 Å². The van der Waals surface area contributed by atoms with E-state index in [4.69, 9.17) is 20.8 Å². The SMILES string of the molecule is COc1c(/C(C)=C/C(=O)Nc2cccc(C)n2)cc2c(-c3ccc(Cl)cc3)coc2c1C. The lowest BCUT2D eigenvalue weighted by Gasteiger charge is -2.13. The van der Waals surface area contributed by atoms with Crippen molar-refractivity contribution in [1.29, 1.82) is 0 Å². The van der Waals surface area contributed by atoms with Crippen LogP contribution in [0.1, 0.15) is 23.7 Å². The van der Waals surface area contributed by atoms with Crippen molar-refractivity contribution in [3.63, 3.8) is 0 Å². The Bertz CT molecular complexity index is 1340. The predicted octanol–water partition coefficient (Wildman–Crippen LogP) is 6.82. The van der Waals surface area contributed by atoms with Crippen LogP contribution in [0.2, 0.25) is 5.02 Å². The van der Waals surface area contributed by atoms with Gasteiger partial charge in [0.1, 0.15) is 17.2 Å². The second kappa shape index (κ2) is 8.89. The number of ether oxygens (including phenoxy) is 1. The highest BCUT2D eigenvalue weighted by Gasteiger charge is 2.19. The Morgan fingerprint density at radius 3 is 2.59 bits per heavy atom. The Hall–Kier alpha value is -3.57. The summed E-state index contributed by atoms with van der Waals surface area (Å²) in [6.45, 7) is 5.71. The van der Waals surface area contributed by atoms with Gasteiger partial charge in [-0.15, -0.1) is 0 Å². The molecule has 4 rings (SSSR count). The molecule has 0 atom stereocenters. The van der Waals surface area contributed by atoms with Crippen molar-refractivity contribution in [1.82, 2.24) is 4.98 Å². The topological polar surface area (TPSA) is 64.4 Å². The quantitative estimate of drug-likeness (QED) is 0.342. The Labute approximate surface area is 191 Å². The van der Waals surface area contributed by atoms with Crippen molar-refractivity contribution in [3.8, 4) is 16.9 Å². The number of furan rings is 1. The molecule has 0 saturated heterocycles. The molecular formula is C26H23ClN2O3. The Morgan fingerprint density at radius 1 is 1.16 bits per heavy atom. The maximum atomic E-state index is 12.6. The fourth-order valence-corrected chi connectivity index (χ4v) is 3.90. The molecule has 0 bridgehead atoms. The second-order valence-electron chi connectivity index (χ2n) is 7.60. The van der Waals surface area contributed by atoms with E-state index in [1.54, 1.807) is 25.5 Å². The number of hydrogen-bond acceptors (Lipinski definition) is 4. The number of halogens is 1. The lowest BCUT2D eigenvalue weighted by atomic mass is 9.96. The van der Waals surface area contributed by atoms with Gasteiger partial charge in [0.2, 0.25) is 5.91 Å². The summed E-state index contributed by atoms with van der Waals surface area (Å²) >= 11 is 6.05. The molecule has 2 heterocycles. The molecule has 0 aliphatic heterocycles. The normalized spacial score (nSPS) is 11.6. The van der Waals surface area contributed by atoms with Gasteiger partial charge in [0.05, 0.1) is 13.4 Å². The summed E-state index contributed by atoms with van der Waals surface area (Å²) < 4.78 is 11.6. The smallest absolute Gasteiger partial charge is 0.249 e. The second-order valence-corrected chi connectivity index (χ2v) is 8.03. The number of benzene rings is 2. The molecule has 1 amide bonds. The molecule has 2 aromatic heterocycles. The van der Waals surface area contributed by atoms with E-state index in [1.807, 2.05) is 63.2 Å². The molecule has 0 fully saturated rings. The third-order valence-electron chi connectivity index (χ3n) is 5.32. The minimum atomic E-state index is -0.259. The molecular weight excluding hydrogens is 424 g/mol.